The zero-order valence-corrected chi connectivity index (χ0v) is 10.8. The fraction of sp³-hybridized carbons (Fsp3) is 0.154. The van der Waals surface area contributed by atoms with Crippen LogP contribution in [0.3, 0.4) is 0 Å². The lowest BCUT2D eigenvalue weighted by Crippen LogP contribution is -2.42. The van der Waals surface area contributed by atoms with Crippen LogP contribution in [0.2, 0.25) is 0 Å². The Labute approximate surface area is 115 Å². The summed E-state index contributed by atoms with van der Waals surface area (Å²) in [6, 6.07) is 7.13. The Bertz CT molecular complexity index is 707. The lowest BCUT2D eigenvalue weighted by atomic mass is 10.1. The topological polar surface area (TPSA) is 93.2 Å². The minimum atomic E-state index is -0.335. The van der Waals surface area contributed by atoms with Gasteiger partial charge in [0, 0.05) is 7.05 Å². The van der Waals surface area contributed by atoms with E-state index in [-0.39, 0.29) is 29.7 Å². The number of nitrogen functional groups attached to an aromatic ring is 1. The van der Waals surface area contributed by atoms with Crippen molar-refractivity contribution in [2.45, 2.75) is 0 Å². The molecule has 0 spiro atoms. The van der Waals surface area contributed by atoms with E-state index in [0.29, 0.717) is 11.4 Å². The standard InChI is InChI=1S/C13H13N5O2/c1-17-12(14)8(6-15-17)13(20)18-7-11(19)16-9-4-2-3-5-10(9)18/h2-6H,7,14H2,1H3,(H,16,19). The molecule has 1 aliphatic rings. The summed E-state index contributed by atoms with van der Waals surface area (Å²) in [5, 5.41) is 6.68. The largest absolute Gasteiger partial charge is 0.383 e. The summed E-state index contributed by atoms with van der Waals surface area (Å²) in [5.74, 6) is -0.295. The Morgan fingerprint density at radius 1 is 1.40 bits per heavy atom. The maximum atomic E-state index is 12.6. The van der Waals surface area contributed by atoms with Gasteiger partial charge in [-0.2, -0.15) is 5.10 Å². The lowest BCUT2D eigenvalue weighted by Gasteiger charge is -2.28. The number of nitrogens with one attached hydrogen (secondary N) is 1. The Balaban J connectivity index is 2.04. The summed E-state index contributed by atoms with van der Waals surface area (Å²) in [4.78, 5) is 25.7. The minimum Gasteiger partial charge on any atom is -0.383 e. The Hall–Kier alpha value is -2.83. The van der Waals surface area contributed by atoms with E-state index >= 15 is 0 Å². The molecule has 1 aliphatic heterocycles. The number of carbonyl (C=O) groups excluding carboxylic acids is 2. The molecule has 0 fully saturated rings. The van der Waals surface area contributed by atoms with Gasteiger partial charge in [0.25, 0.3) is 5.91 Å². The van der Waals surface area contributed by atoms with Crippen LogP contribution >= 0.6 is 0 Å². The van der Waals surface area contributed by atoms with Crippen molar-refractivity contribution in [1.82, 2.24) is 9.78 Å². The summed E-state index contributed by atoms with van der Waals surface area (Å²) in [7, 11) is 1.66. The van der Waals surface area contributed by atoms with Gasteiger partial charge in [0.2, 0.25) is 5.91 Å². The van der Waals surface area contributed by atoms with Gasteiger partial charge < -0.3 is 11.1 Å². The van der Waals surface area contributed by atoms with Crippen molar-refractivity contribution in [3.05, 3.63) is 36.0 Å². The van der Waals surface area contributed by atoms with Crippen molar-refractivity contribution in [2.24, 2.45) is 7.05 Å². The number of fused-ring (bicyclic) bond motifs is 1. The molecule has 2 amide bonds. The normalized spacial score (nSPS) is 13.8. The predicted molar refractivity (Wildman–Crippen MR) is 74.4 cm³/mol. The van der Waals surface area contributed by atoms with E-state index in [4.69, 9.17) is 5.73 Å². The number of aromatic nitrogens is 2. The van der Waals surface area contributed by atoms with Crippen molar-refractivity contribution in [1.29, 1.82) is 0 Å². The van der Waals surface area contributed by atoms with Gasteiger partial charge in [-0.1, -0.05) is 12.1 Å². The van der Waals surface area contributed by atoms with Gasteiger partial charge in [-0.3, -0.25) is 19.2 Å². The molecule has 3 rings (SSSR count). The highest BCUT2D eigenvalue weighted by Gasteiger charge is 2.29. The molecule has 0 atom stereocenters. The summed E-state index contributed by atoms with van der Waals surface area (Å²) in [6.45, 7) is -0.0375. The van der Waals surface area contributed by atoms with E-state index in [1.54, 1.807) is 25.2 Å². The molecule has 2 heterocycles. The molecular weight excluding hydrogens is 258 g/mol. The first-order valence-electron chi connectivity index (χ1n) is 6.06. The van der Waals surface area contributed by atoms with Gasteiger partial charge in [0.05, 0.1) is 17.6 Å². The second-order valence-corrected chi connectivity index (χ2v) is 4.52. The van der Waals surface area contributed by atoms with E-state index in [2.05, 4.69) is 10.4 Å². The van der Waals surface area contributed by atoms with Crippen molar-refractivity contribution in [2.75, 3.05) is 22.5 Å². The molecule has 0 unspecified atom stereocenters. The molecule has 3 N–H and O–H groups in total. The molecule has 0 radical (unpaired) electrons. The third-order valence-corrected chi connectivity index (χ3v) is 3.23. The van der Waals surface area contributed by atoms with Gasteiger partial charge >= 0.3 is 0 Å². The molecule has 7 heteroatoms. The van der Waals surface area contributed by atoms with Crippen molar-refractivity contribution in [3.63, 3.8) is 0 Å². The number of nitrogens with zero attached hydrogens (tertiary/aromatic N) is 3. The molecule has 0 bridgehead atoms. The Morgan fingerprint density at radius 3 is 2.85 bits per heavy atom. The third-order valence-electron chi connectivity index (χ3n) is 3.23. The fourth-order valence-corrected chi connectivity index (χ4v) is 2.17. The second-order valence-electron chi connectivity index (χ2n) is 4.52. The van der Waals surface area contributed by atoms with Crippen molar-refractivity contribution >= 4 is 29.0 Å². The Kier molecular flexibility index (Phi) is 2.67. The van der Waals surface area contributed by atoms with Crippen LogP contribution < -0.4 is 16.0 Å². The summed E-state index contributed by atoms with van der Waals surface area (Å²) in [5.41, 5.74) is 7.37. The van der Waals surface area contributed by atoms with E-state index in [0.717, 1.165) is 0 Å². The highest BCUT2D eigenvalue weighted by Crippen LogP contribution is 2.30. The van der Waals surface area contributed by atoms with Gasteiger partial charge in [-0.15, -0.1) is 0 Å². The van der Waals surface area contributed by atoms with Gasteiger partial charge in [-0.25, -0.2) is 0 Å². The SMILES string of the molecule is Cn1ncc(C(=O)N2CC(=O)Nc3ccccc32)c1N. The molecule has 20 heavy (non-hydrogen) atoms. The third kappa shape index (κ3) is 1.80. The number of rotatable bonds is 1. The summed E-state index contributed by atoms with van der Waals surface area (Å²) >= 11 is 0. The Morgan fingerprint density at radius 2 is 2.15 bits per heavy atom. The molecule has 102 valence electrons. The average molecular weight is 271 g/mol. The number of hydrogen-bond donors (Lipinski definition) is 2. The van der Waals surface area contributed by atoms with Crippen LogP contribution in [0.25, 0.3) is 0 Å². The average Bonchev–Trinajstić information content (AvgIpc) is 2.77. The van der Waals surface area contributed by atoms with Gasteiger partial charge in [0.1, 0.15) is 17.9 Å². The van der Waals surface area contributed by atoms with E-state index in [9.17, 15) is 9.59 Å². The quantitative estimate of drug-likeness (QED) is 0.794. The van der Waals surface area contributed by atoms with Crippen LogP contribution in [0, 0.1) is 0 Å². The summed E-state index contributed by atoms with van der Waals surface area (Å²) < 4.78 is 1.42. The number of anilines is 3. The zero-order valence-electron chi connectivity index (χ0n) is 10.8. The number of aryl methyl sites for hydroxylation is 1. The number of para-hydroxylation sites is 2. The number of carbonyl (C=O) groups is 2. The smallest absolute Gasteiger partial charge is 0.264 e. The van der Waals surface area contributed by atoms with Crippen LogP contribution in [-0.4, -0.2) is 28.1 Å². The van der Waals surface area contributed by atoms with Crippen LogP contribution in [0.5, 0.6) is 0 Å². The molecule has 0 saturated carbocycles. The maximum Gasteiger partial charge on any atom is 0.264 e. The number of nitrogens with two attached hydrogens (primary N) is 1. The first-order valence-corrected chi connectivity index (χ1v) is 6.06. The molecule has 1 aromatic heterocycles. The number of benzene rings is 1. The lowest BCUT2D eigenvalue weighted by molar-refractivity contribution is -0.115. The molecule has 0 saturated heterocycles. The van der Waals surface area contributed by atoms with E-state index < -0.39 is 0 Å². The van der Waals surface area contributed by atoms with Crippen molar-refractivity contribution < 1.29 is 9.59 Å². The predicted octanol–water partition coefficient (Wildman–Crippen LogP) is 0.601. The first-order chi connectivity index (χ1) is 9.58. The molecular formula is C13H13N5O2. The molecule has 0 aliphatic carbocycles. The molecule has 1 aromatic carbocycles. The van der Waals surface area contributed by atoms with Gasteiger partial charge in [0.15, 0.2) is 0 Å². The monoisotopic (exact) mass is 271 g/mol. The first kappa shape index (κ1) is 12.2. The minimum absolute atomic E-state index is 0.0375. The molecule has 7 nitrogen and oxygen atoms in total. The van der Waals surface area contributed by atoms with Crippen LogP contribution in [-0.2, 0) is 11.8 Å². The number of amides is 2. The van der Waals surface area contributed by atoms with Crippen LogP contribution in [0.4, 0.5) is 17.2 Å². The highest BCUT2D eigenvalue weighted by atomic mass is 16.2. The second kappa shape index (κ2) is 4.37. The molecule has 2 aromatic rings. The number of hydrogen-bond acceptors (Lipinski definition) is 4. The van der Waals surface area contributed by atoms with Crippen LogP contribution in [0.1, 0.15) is 10.4 Å². The highest BCUT2D eigenvalue weighted by molar-refractivity contribution is 6.16. The van der Waals surface area contributed by atoms with Crippen LogP contribution in [0.15, 0.2) is 30.5 Å². The zero-order chi connectivity index (χ0) is 14.3. The maximum absolute atomic E-state index is 12.6. The summed E-state index contributed by atoms with van der Waals surface area (Å²) in [6.07, 6.45) is 1.41. The van der Waals surface area contributed by atoms with E-state index in [1.165, 1.54) is 15.8 Å². The van der Waals surface area contributed by atoms with E-state index in [1.807, 2.05) is 6.07 Å². The van der Waals surface area contributed by atoms with Crippen molar-refractivity contribution in [3.8, 4) is 0 Å². The van der Waals surface area contributed by atoms with Gasteiger partial charge in [-0.05, 0) is 12.1 Å². The fourth-order valence-electron chi connectivity index (χ4n) is 2.17.